The fourth-order valence-electron chi connectivity index (χ4n) is 1.84. The molecule has 0 fully saturated rings. The molecule has 0 aliphatic heterocycles. The van der Waals surface area contributed by atoms with Gasteiger partial charge in [0.1, 0.15) is 6.04 Å². The summed E-state index contributed by atoms with van der Waals surface area (Å²) in [4.78, 5) is 22.5. The Morgan fingerprint density at radius 2 is 2.05 bits per heavy atom. The lowest BCUT2D eigenvalue weighted by atomic mass is 10.2. The third-order valence-corrected chi connectivity index (χ3v) is 3.11. The van der Waals surface area contributed by atoms with Crippen molar-refractivity contribution in [2.75, 3.05) is 6.61 Å². The van der Waals surface area contributed by atoms with Crippen molar-refractivity contribution < 1.29 is 19.8 Å². The van der Waals surface area contributed by atoms with Crippen LogP contribution in [0.5, 0.6) is 0 Å². The van der Waals surface area contributed by atoms with E-state index in [-0.39, 0.29) is 19.6 Å². The number of carbonyl (C=O) groups is 2. The van der Waals surface area contributed by atoms with Gasteiger partial charge in [-0.2, -0.15) is 5.10 Å². The van der Waals surface area contributed by atoms with Crippen molar-refractivity contribution in [1.29, 1.82) is 0 Å². The summed E-state index contributed by atoms with van der Waals surface area (Å²) < 4.78 is 1.72. The van der Waals surface area contributed by atoms with Crippen LogP contribution in [0, 0.1) is 13.8 Å². The first-order valence-electron chi connectivity index (χ1n) is 6.24. The molecule has 4 N–H and O–H groups in total. The molecule has 0 saturated carbocycles. The number of aliphatic carboxylic acids is 1. The quantitative estimate of drug-likeness (QED) is 0.571. The van der Waals surface area contributed by atoms with E-state index in [9.17, 15) is 9.59 Å². The van der Waals surface area contributed by atoms with E-state index in [1.165, 1.54) is 0 Å². The molecular weight excluding hydrogens is 264 g/mol. The maximum Gasteiger partial charge on any atom is 0.326 e. The first kappa shape index (κ1) is 16.0. The van der Waals surface area contributed by atoms with Gasteiger partial charge in [0.05, 0.1) is 5.69 Å². The highest BCUT2D eigenvalue weighted by molar-refractivity contribution is 5.82. The number of amides is 2. The summed E-state index contributed by atoms with van der Waals surface area (Å²) in [7, 11) is 1.81. The van der Waals surface area contributed by atoms with Crippen LogP contribution in [0.2, 0.25) is 0 Å². The number of aliphatic hydroxyl groups excluding tert-OH is 1. The van der Waals surface area contributed by atoms with Gasteiger partial charge in [-0.25, -0.2) is 9.59 Å². The fourth-order valence-corrected chi connectivity index (χ4v) is 1.84. The van der Waals surface area contributed by atoms with Crippen LogP contribution in [0.1, 0.15) is 23.4 Å². The van der Waals surface area contributed by atoms with Gasteiger partial charge >= 0.3 is 12.0 Å². The van der Waals surface area contributed by atoms with Crippen LogP contribution >= 0.6 is 0 Å². The second kappa shape index (κ2) is 6.90. The highest BCUT2D eigenvalue weighted by Gasteiger charge is 2.19. The lowest BCUT2D eigenvalue weighted by Crippen LogP contribution is -2.46. The second-order valence-corrected chi connectivity index (χ2v) is 4.50. The normalized spacial score (nSPS) is 12.0. The van der Waals surface area contributed by atoms with Crippen molar-refractivity contribution in [2.45, 2.75) is 32.9 Å². The maximum atomic E-state index is 11.6. The van der Waals surface area contributed by atoms with E-state index in [0.29, 0.717) is 0 Å². The lowest BCUT2D eigenvalue weighted by molar-refractivity contribution is -0.139. The van der Waals surface area contributed by atoms with Crippen molar-refractivity contribution in [1.82, 2.24) is 20.4 Å². The number of aliphatic hydroxyl groups is 1. The molecule has 1 atom stereocenters. The Kier molecular flexibility index (Phi) is 5.51. The molecule has 2 amide bonds. The Bertz CT molecular complexity index is 498. The number of aryl methyl sites for hydroxylation is 2. The van der Waals surface area contributed by atoms with Gasteiger partial charge < -0.3 is 20.8 Å². The third kappa shape index (κ3) is 3.95. The molecule has 1 heterocycles. The van der Waals surface area contributed by atoms with Crippen molar-refractivity contribution in [3.8, 4) is 0 Å². The minimum atomic E-state index is -1.18. The Balaban J connectivity index is 2.56. The Hall–Kier alpha value is -2.09. The third-order valence-electron chi connectivity index (χ3n) is 3.11. The standard InChI is InChI=1S/C12H20N4O4/c1-7-9(8(2)16(3)15-7)6-13-12(20)14-10(4-5-17)11(18)19/h10,17H,4-6H2,1-3H3,(H,18,19)(H2,13,14,20)/t10-/m1/s1. The highest BCUT2D eigenvalue weighted by Crippen LogP contribution is 2.10. The average molecular weight is 284 g/mol. The predicted molar refractivity (Wildman–Crippen MR) is 71.2 cm³/mol. The molecule has 112 valence electrons. The van der Waals surface area contributed by atoms with Crippen molar-refractivity contribution >= 4 is 12.0 Å². The molecule has 0 aromatic carbocycles. The number of urea groups is 1. The van der Waals surface area contributed by atoms with Crippen molar-refractivity contribution in [2.24, 2.45) is 7.05 Å². The number of carboxylic acid groups (broad SMARTS) is 1. The molecule has 0 unspecified atom stereocenters. The first-order chi connectivity index (χ1) is 9.36. The molecule has 0 saturated heterocycles. The Morgan fingerprint density at radius 3 is 2.50 bits per heavy atom. The highest BCUT2D eigenvalue weighted by atomic mass is 16.4. The first-order valence-corrected chi connectivity index (χ1v) is 6.24. The number of hydrogen-bond acceptors (Lipinski definition) is 4. The van der Waals surface area contributed by atoms with Gasteiger partial charge in [0.25, 0.3) is 0 Å². The number of nitrogens with one attached hydrogen (secondary N) is 2. The molecule has 8 heteroatoms. The van der Waals surface area contributed by atoms with Crippen LogP contribution in [0.15, 0.2) is 0 Å². The SMILES string of the molecule is Cc1nn(C)c(C)c1CNC(=O)N[C@H](CCO)C(=O)O. The molecular formula is C12H20N4O4. The van der Waals surface area contributed by atoms with Gasteiger partial charge in [0, 0.05) is 37.9 Å². The summed E-state index contributed by atoms with van der Waals surface area (Å²) in [6.07, 6.45) is -0.0340. The lowest BCUT2D eigenvalue weighted by Gasteiger charge is -2.14. The minimum absolute atomic E-state index is 0.0340. The van der Waals surface area contributed by atoms with Crippen molar-refractivity contribution in [3.05, 3.63) is 17.0 Å². The molecule has 0 aliphatic carbocycles. The van der Waals surface area contributed by atoms with E-state index in [4.69, 9.17) is 10.2 Å². The number of rotatable bonds is 6. The Morgan fingerprint density at radius 1 is 1.40 bits per heavy atom. The number of hydrogen-bond donors (Lipinski definition) is 4. The molecule has 0 bridgehead atoms. The van der Waals surface area contributed by atoms with Gasteiger partial charge in [-0.05, 0) is 13.8 Å². The van der Waals surface area contributed by atoms with Gasteiger partial charge in [-0.1, -0.05) is 0 Å². The summed E-state index contributed by atoms with van der Waals surface area (Å²) in [5.41, 5.74) is 2.65. The van der Waals surface area contributed by atoms with Gasteiger partial charge in [0.15, 0.2) is 0 Å². The zero-order chi connectivity index (χ0) is 15.3. The van der Waals surface area contributed by atoms with Gasteiger partial charge in [-0.3, -0.25) is 4.68 Å². The summed E-state index contributed by atoms with van der Waals surface area (Å²) >= 11 is 0. The summed E-state index contributed by atoms with van der Waals surface area (Å²) in [5, 5.41) is 26.7. The molecule has 20 heavy (non-hydrogen) atoms. The van der Waals surface area contributed by atoms with E-state index in [1.54, 1.807) is 4.68 Å². The predicted octanol–water partition coefficient (Wildman–Crippen LogP) is -0.328. The fraction of sp³-hybridized carbons (Fsp3) is 0.583. The van der Waals surface area contributed by atoms with E-state index < -0.39 is 18.0 Å². The van der Waals surface area contributed by atoms with Gasteiger partial charge in [0.2, 0.25) is 0 Å². The molecule has 0 spiro atoms. The number of carbonyl (C=O) groups excluding carboxylic acids is 1. The van der Waals surface area contributed by atoms with Crippen LogP contribution in [0.25, 0.3) is 0 Å². The minimum Gasteiger partial charge on any atom is -0.480 e. The number of aromatic nitrogens is 2. The van der Waals surface area contributed by atoms with Crippen LogP contribution in [0.3, 0.4) is 0 Å². The largest absolute Gasteiger partial charge is 0.480 e. The average Bonchev–Trinajstić information content (AvgIpc) is 2.60. The van der Waals surface area contributed by atoms with E-state index >= 15 is 0 Å². The van der Waals surface area contributed by atoms with E-state index in [1.807, 2.05) is 20.9 Å². The molecule has 1 aromatic rings. The maximum absolute atomic E-state index is 11.6. The van der Waals surface area contributed by atoms with Gasteiger partial charge in [-0.15, -0.1) is 0 Å². The number of nitrogens with zero attached hydrogens (tertiary/aromatic N) is 2. The molecule has 1 aromatic heterocycles. The summed E-state index contributed by atoms with van der Waals surface area (Å²) in [6, 6.07) is -1.69. The van der Waals surface area contributed by atoms with Crippen LogP contribution in [-0.4, -0.2) is 44.6 Å². The molecule has 0 aliphatic rings. The Labute approximate surface area is 116 Å². The molecule has 8 nitrogen and oxygen atoms in total. The summed E-state index contributed by atoms with van der Waals surface area (Å²) in [5.74, 6) is -1.18. The molecule has 0 radical (unpaired) electrons. The van der Waals surface area contributed by atoms with E-state index in [2.05, 4.69) is 15.7 Å². The monoisotopic (exact) mass is 284 g/mol. The van der Waals surface area contributed by atoms with Crippen molar-refractivity contribution in [3.63, 3.8) is 0 Å². The molecule has 1 rings (SSSR count). The zero-order valence-electron chi connectivity index (χ0n) is 11.8. The van der Waals surface area contributed by atoms with E-state index in [0.717, 1.165) is 17.0 Å². The topological polar surface area (TPSA) is 116 Å². The van der Waals surface area contributed by atoms with Crippen LogP contribution in [0.4, 0.5) is 4.79 Å². The summed E-state index contributed by atoms with van der Waals surface area (Å²) in [6.45, 7) is 3.69. The second-order valence-electron chi connectivity index (χ2n) is 4.50. The zero-order valence-corrected chi connectivity index (χ0v) is 11.8. The number of carboxylic acids is 1. The van der Waals surface area contributed by atoms with Crippen LogP contribution in [-0.2, 0) is 18.4 Å². The smallest absolute Gasteiger partial charge is 0.326 e. The van der Waals surface area contributed by atoms with Crippen LogP contribution < -0.4 is 10.6 Å².